The topological polar surface area (TPSA) is 245 Å². The van der Waals surface area contributed by atoms with Gasteiger partial charge in [-0.15, -0.1) is 0 Å². The summed E-state index contributed by atoms with van der Waals surface area (Å²) in [7, 11) is 2.92. The lowest BCUT2D eigenvalue weighted by Gasteiger charge is -2.43. The number of methoxy groups -OCH3 is 2. The fourth-order valence-corrected chi connectivity index (χ4v) is 12.0. The molecule has 17 atom stereocenters. The molecular formula is C57H85N3O15. The number of carbonyl (C=O) groups is 7. The average molecular weight is 1050 g/mol. The lowest BCUT2D eigenvalue weighted by molar-refractivity contribution is -0.266. The highest BCUT2D eigenvalue weighted by Gasteiger charge is 2.53. The van der Waals surface area contributed by atoms with Crippen molar-refractivity contribution in [1.29, 1.82) is 0 Å². The molecule has 0 radical (unpaired) electrons. The van der Waals surface area contributed by atoms with Gasteiger partial charge in [0.25, 0.3) is 11.7 Å². The number of aliphatic hydroxyl groups is 3. The van der Waals surface area contributed by atoms with E-state index in [4.69, 9.17) is 23.7 Å². The molecule has 1 aliphatic carbocycles. The Balaban J connectivity index is 1.32. The minimum Gasteiger partial charge on any atom is -0.460 e. The van der Waals surface area contributed by atoms with E-state index >= 15 is 0 Å². The summed E-state index contributed by atoms with van der Waals surface area (Å²) >= 11 is 0. The number of hydrogen-bond donors (Lipinski definition) is 4. The summed E-state index contributed by atoms with van der Waals surface area (Å²) in [6.07, 6.45) is 9.47. The van der Waals surface area contributed by atoms with Crippen molar-refractivity contribution in [2.24, 2.45) is 35.5 Å². The molecule has 0 aromatic carbocycles. The molecule has 0 aromatic rings. The van der Waals surface area contributed by atoms with Crippen LogP contribution in [0.4, 0.5) is 0 Å². The number of ketones is 3. The maximum Gasteiger partial charge on any atom is 0.329 e. The van der Waals surface area contributed by atoms with Crippen molar-refractivity contribution in [1.82, 2.24) is 15.1 Å². The van der Waals surface area contributed by atoms with E-state index in [-0.39, 0.29) is 92.6 Å². The molecule has 5 fully saturated rings. The maximum atomic E-state index is 14.5. The molecule has 1 unspecified atom stereocenters. The molecule has 6 rings (SSSR count). The van der Waals surface area contributed by atoms with Gasteiger partial charge in [0, 0.05) is 64.3 Å². The molecule has 0 aromatic heterocycles. The van der Waals surface area contributed by atoms with Crippen LogP contribution < -0.4 is 5.32 Å². The number of ether oxygens (including phenoxy) is 5. The van der Waals surface area contributed by atoms with Crippen LogP contribution in [0.1, 0.15) is 132 Å². The van der Waals surface area contributed by atoms with Crippen molar-refractivity contribution < 1.29 is 72.6 Å². The Morgan fingerprint density at radius 3 is 2.29 bits per heavy atom. The number of carbonyl (C=O) groups excluding carboxylic acids is 7. The van der Waals surface area contributed by atoms with Crippen molar-refractivity contribution >= 4 is 41.0 Å². The Morgan fingerprint density at radius 1 is 0.840 bits per heavy atom. The summed E-state index contributed by atoms with van der Waals surface area (Å²) in [5, 5.41) is 37.0. The number of nitrogens with zero attached hydrogens (tertiary/aromatic N) is 2. The Morgan fingerprint density at radius 2 is 1.59 bits per heavy atom. The number of allylic oxidation sites excluding steroid dienone is 6. The molecule has 18 nitrogen and oxygen atoms in total. The highest BCUT2D eigenvalue weighted by atomic mass is 16.6. The Labute approximate surface area is 443 Å². The molecule has 2 bridgehead atoms. The van der Waals surface area contributed by atoms with Crippen molar-refractivity contribution in [3.8, 4) is 0 Å². The molecule has 4 saturated heterocycles. The lowest BCUT2D eigenvalue weighted by Crippen LogP contribution is -2.61. The number of cyclic esters (lactones) is 1. The number of esters is 1. The predicted octanol–water partition coefficient (Wildman–Crippen LogP) is 4.65. The molecule has 4 N–H and O–H groups in total. The summed E-state index contributed by atoms with van der Waals surface area (Å²) in [6.45, 7) is 12.6. The molecule has 5 heterocycles. The summed E-state index contributed by atoms with van der Waals surface area (Å²) < 4.78 is 30.5. The van der Waals surface area contributed by atoms with E-state index in [1.165, 1.54) is 12.0 Å². The van der Waals surface area contributed by atoms with Gasteiger partial charge in [-0.1, -0.05) is 71.1 Å². The first-order valence-electron chi connectivity index (χ1n) is 27.4. The zero-order valence-electron chi connectivity index (χ0n) is 45.7. The number of aliphatic hydroxyl groups excluding tert-OH is 2. The number of fused-ring (bicyclic) bond motifs is 4. The van der Waals surface area contributed by atoms with Gasteiger partial charge in [-0.05, 0) is 107 Å². The summed E-state index contributed by atoms with van der Waals surface area (Å²) in [6, 6.07) is -1.87. The maximum absolute atomic E-state index is 14.5. The van der Waals surface area contributed by atoms with Crippen molar-refractivity contribution in [2.75, 3.05) is 33.9 Å². The quantitative estimate of drug-likeness (QED) is 0.154. The number of piperidine rings is 1. The molecule has 18 heteroatoms. The summed E-state index contributed by atoms with van der Waals surface area (Å²) in [4.78, 5) is 99.9. The van der Waals surface area contributed by atoms with Crippen LogP contribution in [0.25, 0.3) is 0 Å². The van der Waals surface area contributed by atoms with Crippen LogP contribution in [-0.4, -0.2) is 167 Å². The molecule has 418 valence electrons. The van der Waals surface area contributed by atoms with Gasteiger partial charge in [0.05, 0.1) is 37.1 Å². The Kier molecular flexibility index (Phi) is 21.3. The van der Waals surface area contributed by atoms with Gasteiger partial charge in [0.15, 0.2) is 5.78 Å². The SMILES string of the molecule is CO[C@@H]1C[C@H](C[C@@H](C)[C@@H]2CC(=O)[C@H](C)/C=C(\C)[C@@H](O)[C@@H](OC)C(=O)[C@H](C)C[C@H](C)/C=C/C=C/C=C(\C)C(O[C@@H]3C[C@H]4C(=O)NCC(=O)N4C3)C[C@@H]3CC[C@@H](C)[C@@](O)(O3)C(=O)C(=O)N3CCCC[C@H]3C(=O)O2)CC[C@H]1O. The van der Waals surface area contributed by atoms with Crippen LogP contribution in [0.3, 0.4) is 0 Å². The Bertz CT molecular complexity index is 2170. The minimum atomic E-state index is -2.55. The molecule has 0 spiro atoms. The van der Waals surface area contributed by atoms with Gasteiger partial charge in [-0.3, -0.25) is 28.8 Å². The number of piperazine rings is 1. The second kappa shape index (κ2) is 26.8. The largest absolute Gasteiger partial charge is 0.460 e. The van der Waals surface area contributed by atoms with Gasteiger partial charge >= 0.3 is 5.97 Å². The van der Waals surface area contributed by atoms with E-state index in [1.807, 2.05) is 51.2 Å². The standard InChI is InChI=1S/C57H85N3O15/c1-32-15-11-10-12-16-33(2)46(73-41-27-43-54(67)58-30-49(63)60(43)31-41)28-40-20-18-38(7)57(70,75-40)53(66)55(68)59-22-14-13-17-42(59)56(69)74-47(35(4)25-39-19-21-44(61)48(26-39)71-8)29-45(62)34(3)24-37(6)51(65)52(72-9)50(64)36(5)23-32/h10-12,15-16,24,32,34-36,38-44,46-48,51-52,61,65,70H,13-14,17-23,25-31H2,1-9H3,(H,58,67)/b12-10+,15-11+,33-16+,37-24+/t32-,34-,35-,36-,38-,39+,40+,41-,42+,43+,44-,46?,47+,48-,51-,52+,57-/m1/s1. The molecule has 5 aliphatic heterocycles. The first kappa shape index (κ1) is 59.8. The highest BCUT2D eigenvalue weighted by molar-refractivity contribution is 6.39. The van der Waals surface area contributed by atoms with Crippen LogP contribution in [0.2, 0.25) is 0 Å². The van der Waals surface area contributed by atoms with Gasteiger partial charge < -0.3 is 54.1 Å². The first-order chi connectivity index (χ1) is 35.6. The molecule has 75 heavy (non-hydrogen) atoms. The van der Waals surface area contributed by atoms with Gasteiger partial charge in [0.2, 0.25) is 17.6 Å². The molecule has 6 aliphatic rings. The number of amides is 3. The number of hydrogen-bond acceptors (Lipinski definition) is 15. The monoisotopic (exact) mass is 1050 g/mol. The zero-order valence-corrected chi connectivity index (χ0v) is 45.7. The molecule has 3 amide bonds. The van der Waals surface area contributed by atoms with Crippen LogP contribution in [-0.2, 0) is 57.2 Å². The Hall–Kier alpha value is -4.43. The van der Waals surface area contributed by atoms with Crippen molar-refractivity contribution in [3.05, 3.63) is 47.6 Å². The zero-order chi connectivity index (χ0) is 54.9. The fraction of sp³-hybridized carbons (Fsp3) is 0.737. The number of Topliss-reactive ketones (excluding diaryl/α,β-unsaturated/α-hetero) is 3. The third-order valence-corrected chi connectivity index (χ3v) is 16.9. The van der Waals surface area contributed by atoms with E-state index < -0.39 is 96.0 Å². The van der Waals surface area contributed by atoms with Crippen LogP contribution in [0, 0.1) is 35.5 Å². The van der Waals surface area contributed by atoms with E-state index in [9.17, 15) is 48.9 Å². The number of rotatable bonds is 7. The van der Waals surface area contributed by atoms with E-state index in [0.29, 0.717) is 63.4 Å². The fourth-order valence-electron chi connectivity index (χ4n) is 12.0. The van der Waals surface area contributed by atoms with E-state index in [2.05, 4.69) is 5.32 Å². The second-order valence-corrected chi connectivity index (χ2v) is 22.6. The number of nitrogens with one attached hydrogen (secondary N) is 1. The van der Waals surface area contributed by atoms with Gasteiger partial charge in [-0.25, -0.2) is 4.79 Å². The first-order valence-corrected chi connectivity index (χ1v) is 27.4. The summed E-state index contributed by atoms with van der Waals surface area (Å²) in [5.74, 6) is -9.07. The third-order valence-electron chi connectivity index (χ3n) is 16.9. The van der Waals surface area contributed by atoms with Gasteiger partial charge in [0.1, 0.15) is 36.2 Å². The third kappa shape index (κ3) is 14.8. The van der Waals surface area contributed by atoms with Crippen LogP contribution in [0.15, 0.2) is 47.6 Å². The average Bonchev–Trinajstić information content (AvgIpc) is 3.83. The normalized spacial score (nSPS) is 40.5. The smallest absolute Gasteiger partial charge is 0.329 e. The summed E-state index contributed by atoms with van der Waals surface area (Å²) in [5.41, 5.74) is 1.12. The highest BCUT2D eigenvalue weighted by Crippen LogP contribution is 2.39. The van der Waals surface area contributed by atoms with Crippen LogP contribution in [0.5, 0.6) is 0 Å². The van der Waals surface area contributed by atoms with E-state index in [1.54, 1.807) is 40.9 Å². The molecule has 1 saturated carbocycles. The molecular weight excluding hydrogens is 967 g/mol. The minimum absolute atomic E-state index is 0.0365. The lowest BCUT2D eigenvalue weighted by atomic mass is 9.78. The van der Waals surface area contributed by atoms with E-state index in [0.717, 1.165) is 10.5 Å². The van der Waals surface area contributed by atoms with Crippen LogP contribution >= 0.6 is 0 Å². The predicted molar refractivity (Wildman–Crippen MR) is 276 cm³/mol. The second-order valence-electron chi connectivity index (χ2n) is 22.6. The van der Waals surface area contributed by atoms with Crippen molar-refractivity contribution in [3.63, 3.8) is 0 Å². The van der Waals surface area contributed by atoms with Gasteiger partial charge in [-0.2, -0.15) is 0 Å². The van der Waals surface area contributed by atoms with Crippen molar-refractivity contribution in [2.45, 2.75) is 199 Å².